The lowest BCUT2D eigenvalue weighted by atomic mass is 9.68. The predicted octanol–water partition coefficient (Wildman–Crippen LogP) is 2.52. The third-order valence-corrected chi connectivity index (χ3v) is 3.79. The highest BCUT2D eigenvalue weighted by Crippen LogP contribution is 2.46. The van der Waals surface area contributed by atoms with Gasteiger partial charge in [-0.3, -0.25) is 0 Å². The van der Waals surface area contributed by atoms with E-state index in [2.05, 4.69) is 25.9 Å². The molecule has 0 aromatic carbocycles. The van der Waals surface area contributed by atoms with Crippen molar-refractivity contribution in [3.8, 4) is 0 Å². The van der Waals surface area contributed by atoms with Gasteiger partial charge < -0.3 is 9.57 Å². The molecule has 2 atom stereocenters. The molecule has 1 heterocycles. The zero-order valence-electron chi connectivity index (χ0n) is 11.1. The molecule has 1 saturated carbocycles. The maximum Gasteiger partial charge on any atom is 0.353 e. The van der Waals surface area contributed by atoms with Crippen LogP contribution in [0.4, 0.5) is 0 Å². The summed E-state index contributed by atoms with van der Waals surface area (Å²) < 4.78 is 4.92. The van der Waals surface area contributed by atoms with Gasteiger partial charge >= 0.3 is 5.97 Å². The SMILES string of the molecule is COC(=O)C12CCCCC1C(C(C)(C)C)=NO2. The van der Waals surface area contributed by atoms with Crippen molar-refractivity contribution in [1.29, 1.82) is 0 Å². The summed E-state index contributed by atoms with van der Waals surface area (Å²) in [7, 11) is 1.42. The number of fused-ring (bicyclic) bond motifs is 1. The number of ether oxygens (including phenoxy) is 1. The Balaban J connectivity index is 2.33. The lowest BCUT2D eigenvalue weighted by Gasteiger charge is -2.36. The summed E-state index contributed by atoms with van der Waals surface area (Å²) in [5.74, 6) is -0.186. The van der Waals surface area contributed by atoms with Crippen LogP contribution in [-0.4, -0.2) is 24.4 Å². The van der Waals surface area contributed by atoms with E-state index in [1.165, 1.54) is 7.11 Å². The molecule has 0 aromatic heterocycles. The smallest absolute Gasteiger partial charge is 0.353 e. The van der Waals surface area contributed by atoms with Crippen molar-refractivity contribution in [3.63, 3.8) is 0 Å². The molecule has 96 valence electrons. The minimum atomic E-state index is -0.838. The minimum absolute atomic E-state index is 0.0578. The van der Waals surface area contributed by atoms with Gasteiger partial charge in [-0.2, -0.15) is 0 Å². The predicted molar refractivity (Wildman–Crippen MR) is 64.7 cm³/mol. The summed E-state index contributed by atoms with van der Waals surface area (Å²) in [5.41, 5.74) is 0.107. The van der Waals surface area contributed by atoms with Crippen LogP contribution < -0.4 is 0 Å². The number of hydrogen-bond donors (Lipinski definition) is 0. The molecule has 0 saturated heterocycles. The Bertz CT molecular complexity index is 356. The fourth-order valence-electron chi connectivity index (χ4n) is 2.92. The maximum absolute atomic E-state index is 12.0. The van der Waals surface area contributed by atoms with E-state index < -0.39 is 5.60 Å². The highest BCUT2D eigenvalue weighted by molar-refractivity contribution is 5.98. The zero-order valence-corrected chi connectivity index (χ0v) is 11.1. The molecule has 0 spiro atoms. The van der Waals surface area contributed by atoms with Gasteiger partial charge in [0.1, 0.15) is 0 Å². The molecule has 1 fully saturated rings. The van der Waals surface area contributed by atoms with Gasteiger partial charge in [0.2, 0.25) is 5.60 Å². The van der Waals surface area contributed by atoms with Gasteiger partial charge in [0.05, 0.1) is 18.7 Å². The second-order valence-corrected chi connectivity index (χ2v) is 6.00. The third kappa shape index (κ3) is 1.83. The molecule has 1 aliphatic carbocycles. The second kappa shape index (κ2) is 4.00. The Labute approximate surface area is 102 Å². The van der Waals surface area contributed by atoms with Crippen molar-refractivity contribution in [2.75, 3.05) is 7.11 Å². The van der Waals surface area contributed by atoms with E-state index in [-0.39, 0.29) is 17.3 Å². The molecule has 0 bridgehead atoms. The van der Waals surface area contributed by atoms with E-state index in [9.17, 15) is 4.79 Å². The summed E-state index contributed by atoms with van der Waals surface area (Å²) in [6.45, 7) is 6.32. The van der Waals surface area contributed by atoms with Gasteiger partial charge in [0.25, 0.3) is 0 Å². The summed E-state index contributed by atoms with van der Waals surface area (Å²) in [6, 6.07) is 0. The van der Waals surface area contributed by atoms with E-state index in [0.29, 0.717) is 6.42 Å². The average molecular weight is 239 g/mol. The zero-order chi connectivity index (χ0) is 12.7. The molecule has 2 rings (SSSR count). The van der Waals surface area contributed by atoms with Crippen LogP contribution in [0.5, 0.6) is 0 Å². The van der Waals surface area contributed by atoms with Crippen molar-refractivity contribution < 1.29 is 14.4 Å². The van der Waals surface area contributed by atoms with Crippen LogP contribution in [-0.2, 0) is 14.4 Å². The standard InChI is InChI=1S/C13H21NO3/c1-12(2,3)10-9-7-5-6-8-13(9,17-14-10)11(15)16-4/h9H,5-8H2,1-4H3. The molecule has 0 N–H and O–H groups in total. The Hall–Kier alpha value is -1.06. The molecular weight excluding hydrogens is 218 g/mol. The van der Waals surface area contributed by atoms with Crippen LogP contribution in [0.3, 0.4) is 0 Å². The van der Waals surface area contributed by atoms with Crippen LogP contribution >= 0.6 is 0 Å². The molecule has 0 radical (unpaired) electrons. The van der Waals surface area contributed by atoms with E-state index in [0.717, 1.165) is 25.0 Å². The number of oxime groups is 1. The molecule has 17 heavy (non-hydrogen) atoms. The fourth-order valence-corrected chi connectivity index (χ4v) is 2.92. The van der Waals surface area contributed by atoms with Crippen molar-refractivity contribution in [2.24, 2.45) is 16.5 Å². The fraction of sp³-hybridized carbons (Fsp3) is 0.846. The summed E-state index contributed by atoms with van der Waals surface area (Å²) in [4.78, 5) is 17.6. The van der Waals surface area contributed by atoms with Gasteiger partial charge in [-0.1, -0.05) is 32.3 Å². The normalized spacial score (nSPS) is 32.5. The summed E-state index contributed by atoms with van der Waals surface area (Å²) in [5, 5.41) is 4.21. The monoisotopic (exact) mass is 239 g/mol. The molecule has 0 aromatic rings. The highest BCUT2D eigenvalue weighted by atomic mass is 16.7. The first-order valence-corrected chi connectivity index (χ1v) is 6.27. The van der Waals surface area contributed by atoms with Crippen LogP contribution in [0, 0.1) is 11.3 Å². The number of rotatable bonds is 1. The van der Waals surface area contributed by atoms with Crippen LogP contribution in [0.25, 0.3) is 0 Å². The lowest BCUT2D eigenvalue weighted by Crippen LogP contribution is -2.50. The van der Waals surface area contributed by atoms with E-state index in [1.807, 2.05) is 0 Å². The van der Waals surface area contributed by atoms with Crippen LogP contribution in [0.15, 0.2) is 5.16 Å². The molecule has 4 heteroatoms. The molecule has 2 unspecified atom stereocenters. The Morgan fingerprint density at radius 3 is 2.76 bits per heavy atom. The van der Waals surface area contributed by atoms with Crippen molar-refractivity contribution >= 4 is 11.7 Å². The topological polar surface area (TPSA) is 47.9 Å². The largest absolute Gasteiger partial charge is 0.466 e. The molecule has 0 amide bonds. The van der Waals surface area contributed by atoms with Gasteiger partial charge in [-0.05, 0) is 12.8 Å². The quantitative estimate of drug-likeness (QED) is 0.661. The van der Waals surface area contributed by atoms with E-state index in [4.69, 9.17) is 9.57 Å². The average Bonchev–Trinajstić information content (AvgIpc) is 2.68. The Morgan fingerprint density at radius 1 is 1.47 bits per heavy atom. The highest BCUT2D eigenvalue weighted by Gasteiger charge is 2.58. The first kappa shape index (κ1) is 12.4. The van der Waals surface area contributed by atoms with Gasteiger partial charge in [0.15, 0.2) is 0 Å². The third-order valence-electron chi connectivity index (χ3n) is 3.79. The molecular formula is C13H21NO3. The summed E-state index contributed by atoms with van der Waals surface area (Å²) in [6.07, 6.45) is 3.80. The number of carbonyl (C=O) groups is 1. The Kier molecular flexibility index (Phi) is 2.92. The van der Waals surface area contributed by atoms with Crippen molar-refractivity contribution in [1.82, 2.24) is 0 Å². The number of nitrogens with zero attached hydrogens (tertiary/aromatic N) is 1. The van der Waals surface area contributed by atoms with Gasteiger partial charge in [0, 0.05) is 11.8 Å². The molecule has 4 nitrogen and oxygen atoms in total. The maximum atomic E-state index is 12.0. The van der Waals surface area contributed by atoms with Crippen molar-refractivity contribution in [3.05, 3.63) is 0 Å². The van der Waals surface area contributed by atoms with Gasteiger partial charge in [-0.25, -0.2) is 4.79 Å². The number of hydrogen-bond acceptors (Lipinski definition) is 4. The first-order chi connectivity index (χ1) is 7.92. The molecule has 2 aliphatic rings. The number of methoxy groups -OCH3 is 1. The molecule has 1 aliphatic heterocycles. The Morgan fingerprint density at radius 2 is 2.18 bits per heavy atom. The minimum Gasteiger partial charge on any atom is -0.466 e. The van der Waals surface area contributed by atoms with Gasteiger partial charge in [-0.15, -0.1) is 0 Å². The second-order valence-electron chi connectivity index (χ2n) is 6.00. The number of esters is 1. The van der Waals surface area contributed by atoms with Crippen LogP contribution in [0.1, 0.15) is 46.5 Å². The van der Waals surface area contributed by atoms with E-state index >= 15 is 0 Å². The number of carbonyl (C=O) groups excluding carboxylic acids is 1. The van der Waals surface area contributed by atoms with E-state index in [1.54, 1.807) is 0 Å². The first-order valence-electron chi connectivity index (χ1n) is 6.27. The summed E-state index contributed by atoms with van der Waals surface area (Å²) >= 11 is 0. The van der Waals surface area contributed by atoms with Crippen LogP contribution in [0.2, 0.25) is 0 Å². The lowest BCUT2D eigenvalue weighted by molar-refractivity contribution is -0.174. The van der Waals surface area contributed by atoms with Crippen molar-refractivity contribution in [2.45, 2.75) is 52.1 Å².